The highest BCUT2D eigenvalue weighted by Gasteiger charge is 2.07. The van der Waals surface area contributed by atoms with E-state index in [1.165, 1.54) is 16.8 Å². The Balaban J connectivity index is 2.23. The third-order valence-corrected chi connectivity index (χ3v) is 3.93. The van der Waals surface area contributed by atoms with E-state index in [1.54, 1.807) is 18.3 Å². The summed E-state index contributed by atoms with van der Waals surface area (Å²) in [5, 5.41) is 4.19. The molecule has 0 radical (unpaired) electrons. The van der Waals surface area contributed by atoms with Crippen molar-refractivity contribution in [1.82, 2.24) is 9.78 Å². The quantitative estimate of drug-likeness (QED) is 0.829. The minimum atomic E-state index is -0.317. The van der Waals surface area contributed by atoms with E-state index < -0.39 is 0 Å². The molecule has 0 N–H and O–H groups in total. The van der Waals surface area contributed by atoms with E-state index in [-0.39, 0.29) is 11.4 Å². The van der Waals surface area contributed by atoms with Gasteiger partial charge < -0.3 is 4.90 Å². The van der Waals surface area contributed by atoms with Gasteiger partial charge in [-0.2, -0.15) is 5.10 Å². The summed E-state index contributed by atoms with van der Waals surface area (Å²) in [4.78, 5) is 14.1. The fraction of sp³-hybridized carbons (Fsp3) is 0.333. The Morgan fingerprint density at radius 2 is 2.14 bits per heavy atom. The summed E-state index contributed by atoms with van der Waals surface area (Å²) < 4.78 is 15.1. The molecular weight excluding hydrogens is 337 g/mol. The zero-order valence-electron chi connectivity index (χ0n) is 12.0. The topological polar surface area (TPSA) is 38.1 Å². The number of hydrogen-bond acceptors (Lipinski definition) is 3. The first-order chi connectivity index (χ1) is 10.0. The minimum Gasteiger partial charge on any atom is -0.373 e. The third kappa shape index (κ3) is 3.91. The molecule has 21 heavy (non-hydrogen) atoms. The molecule has 0 aliphatic carbocycles. The molecule has 0 fully saturated rings. The molecule has 0 unspecified atom stereocenters. The molecule has 1 aromatic heterocycles. The average molecular weight is 354 g/mol. The van der Waals surface area contributed by atoms with Gasteiger partial charge in [-0.3, -0.25) is 4.79 Å². The van der Waals surface area contributed by atoms with Gasteiger partial charge in [0.25, 0.3) is 5.56 Å². The van der Waals surface area contributed by atoms with Crippen LogP contribution in [0.25, 0.3) is 0 Å². The molecule has 0 saturated carbocycles. The molecular formula is C15H17BrFN3O. The van der Waals surface area contributed by atoms with Crippen molar-refractivity contribution in [1.29, 1.82) is 0 Å². The largest absolute Gasteiger partial charge is 0.373 e. The number of halogens is 2. The molecule has 1 aromatic carbocycles. The third-order valence-electron chi connectivity index (χ3n) is 3.19. The van der Waals surface area contributed by atoms with Gasteiger partial charge in [0.05, 0.1) is 18.4 Å². The number of hydrogen-bond donors (Lipinski definition) is 0. The molecule has 6 heteroatoms. The molecule has 0 aliphatic heterocycles. The second-order valence-corrected chi connectivity index (χ2v) is 5.72. The molecule has 0 amide bonds. The van der Waals surface area contributed by atoms with E-state index in [9.17, 15) is 9.18 Å². The summed E-state index contributed by atoms with van der Waals surface area (Å²) in [7, 11) is 1.93. The summed E-state index contributed by atoms with van der Waals surface area (Å²) in [6.07, 6.45) is 2.68. The molecule has 0 atom stereocenters. The van der Waals surface area contributed by atoms with Crippen LogP contribution in [0.5, 0.6) is 0 Å². The van der Waals surface area contributed by atoms with Gasteiger partial charge >= 0.3 is 0 Å². The summed E-state index contributed by atoms with van der Waals surface area (Å²) in [6, 6.07) is 5.96. The van der Waals surface area contributed by atoms with Crippen molar-refractivity contribution >= 4 is 21.6 Å². The van der Waals surface area contributed by atoms with Crippen LogP contribution in [0.15, 0.2) is 39.7 Å². The van der Waals surface area contributed by atoms with Crippen LogP contribution in [-0.4, -0.2) is 23.4 Å². The molecule has 0 spiro atoms. The van der Waals surface area contributed by atoms with Crippen molar-refractivity contribution in [2.75, 3.05) is 18.5 Å². The van der Waals surface area contributed by atoms with E-state index in [2.05, 4.69) is 28.0 Å². The van der Waals surface area contributed by atoms with E-state index >= 15 is 0 Å². The zero-order valence-corrected chi connectivity index (χ0v) is 13.6. The van der Waals surface area contributed by atoms with Crippen LogP contribution in [0, 0.1) is 5.82 Å². The van der Waals surface area contributed by atoms with E-state index in [4.69, 9.17) is 0 Å². The van der Waals surface area contributed by atoms with E-state index in [0.29, 0.717) is 11.0 Å². The maximum atomic E-state index is 13.1. The van der Waals surface area contributed by atoms with Gasteiger partial charge in [0.15, 0.2) is 0 Å². The van der Waals surface area contributed by atoms with E-state index in [1.807, 2.05) is 11.9 Å². The van der Waals surface area contributed by atoms with Crippen molar-refractivity contribution in [2.24, 2.45) is 0 Å². The zero-order chi connectivity index (χ0) is 15.4. The molecule has 0 saturated heterocycles. The molecule has 0 bridgehead atoms. The van der Waals surface area contributed by atoms with Crippen molar-refractivity contribution in [2.45, 2.75) is 19.9 Å². The van der Waals surface area contributed by atoms with Gasteiger partial charge in [-0.05, 0) is 24.1 Å². The standard InChI is InChI=1S/C15H17BrFN3O/c1-3-6-19(2)13-8-15(21)20(18-9-13)10-11-4-5-12(17)7-14(11)16/h4-5,7-9H,3,6,10H2,1-2H3. The summed E-state index contributed by atoms with van der Waals surface area (Å²) in [6.45, 7) is 3.25. The van der Waals surface area contributed by atoms with Gasteiger partial charge in [0, 0.05) is 24.1 Å². The van der Waals surface area contributed by atoms with Crippen LogP contribution < -0.4 is 10.5 Å². The molecule has 112 valence electrons. The monoisotopic (exact) mass is 353 g/mol. The van der Waals surface area contributed by atoms with Gasteiger partial charge in [0.2, 0.25) is 0 Å². The minimum absolute atomic E-state index is 0.174. The fourth-order valence-corrected chi connectivity index (χ4v) is 2.50. The smallest absolute Gasteiger partial charge is 0.269 e. The Hall–Kier alpha value is -1.69. The highest BCUT2D eigenvalue weighted by Crippen LogP contribution is 2.18. The summed E-state index contributed by atoms with van der Waals surface area (Å²) >= 11 is 3.30. The molecule has 0 aliphatic rings. The van der Waals surface area contributed by atoms with Gasteiger partial charge in [-0.15, -0.1) is 0 Å². The molecule has 2 rings (SSSR count). The lowest BCUT2D eigenvalue weighted by Crippen LogP contribution is -2.26. The number of anilines is 1. The Bertz CT molecular complexity index is 687. The molecule has 4 nitrogen and oxygen atoms in total. The highest BCUT2D eigenvalue weighted by molar-refractivity contribution is 9.10. The van der Waals surface area contributed by atoms with Gasteiger partial charge in [0.1, 0.15) is 5.82 Å². The number of benzene rings is 1. The van der Waals surface area contributed by atoms with Crippen LogP contribution in [0.2, 0.25) is 0 Å². The molecule has 2 aromatic rings. The van der Waals surface area contributed by atoms with Crippen molar-refractivity contribution < 1.29 is 4.39 Å². The lowest BCUT2D eigenvalue weighted by Gasteiger charge is -2.18. The Morgan fingerprint density at radius 1 is 1.38 bits per heavy atom. The van der Waals surface area contributed by atoms with Crippen LogP contribution in [-0.2, 0) is 6.54 Å². The van der Waals surface area contributed by atoms with Crippen molar-refractivity contribution in [3.8, 4) is 0 Å². The first-order valence-corrected chi connectivity index (χ1v) is 7.52. The van der Waals surface area contributed by atoms with Gasteiger partial charge in [-0.1, -0.05) is 28.9 Å². The lowest BCUT2D eigenvalue weighted by molar-refractivity contribution is 0.616. The Labute approximate surface area is 131 Å². The second-order valence-electron chi connectivity index (χ2n) is 4.87. The lowest BCUT2D eigenvalue weighted by atomic mass is 10.2. The summed E-state index contributed by atoms with van der Waals surface area (Å²) in [5.41, 5.74) is 1.43. The normalized spacial score (nSPS) is 10.7. The first-order valence-electron chi connectivity index (χ1n) is 6.73. The summed E-state index contributed by atoms with van der Waals surface area (Å²) in [5.74, 6) is -0.317. The van der Waals surface area contributed by atoms with Crippen LogP contribution in [0.4, 0.5) is 10.1 Å². The average Bonchev–Trinajstić information content (AvgIpc) is 2.44. The number of aromatic nitrogens is 2. The number of nitrogens with zero attached hydrogens (tertiary/aromatic N) is 3. The van der Waals surface area contributed by atoms with Crippen molar-refractivity contribution in [3.63, 3.8) is 0 Å². The first kappa shape index (κ1) is 15.7. The predicted molar refractivity (Wildman–Crippen MR) is 85.3 cm³/mol. The second kappa shape index (κ2) is 6.85. The fourth-order valence-electron chi connectivity index (χ4n) is 2.03. The Kier molecular flexibility index (Phi) is 5.12. The molecule has 1 heterocycles. The SMILES string of the molecule is CCCN(C)c1cnn(Cc2ccc(F)cc2Br)c(=O)c1. The van der Waals surface area contributed by atoms with Crippen LogP contribution >= 0.6 is 15.9 Å². The van der Waals surface area contributed by atoms with Gasteiger partial charge in [-0.25, -0.2) is 9.07 Å². The van der Waals surface area contributed by atoms with E-state index in [0.717, 1.165) is 24.2 Å². The maximum Gasteiger partial charge on any atom is 0.269 e. The van der Waals surface area contributed by atoms with Crippen LogP contribution in [0.1, 0.15) is 18.9 Å². The van der Waals surface area contributed by atoms with Crippen molar-refractivity contribution in [3.05, 3.63) is 56.7 Å². The predicted octanol–water partition coefficient (Wildman–Crippen LogP) is 3.04. The number of rotatable bonds is 5. The van der Waals surface area contributed by atoms with Crippen LogP contribution in [0.3, 0.4) is 0 Å². The maximum absolute atomic E-state index is 13.1. The Morgan fingerprint density at radius 3 is 2.76 bits per heavy atom. The highest BCUT2D eigenvalue weighted by atomic mass is 79.9.